The van der Waals surface area contributed by atoms with Crippen LogP contribution in [0.25, 0.3) is 0 Å². The van der Waals surface area contributed by atoms with Gasteiger partial charge in [0.15, 0.2) is 0 Å². The van der Waals surface area contributed by atoms with Gasteiger partial charge >= 0.3 is 6.09 Å². The maximum atomic E-state index is 12.0. The molecule has 22 heavy (non-hydrogen) atoms. The van der Waals surface area contributed by atoms with Crippen LogP contribution in [0.4, 0.5) is 4.79 Å². The van der Waals surface area contributed by atoms with Crippen molar-refractivity contribution in [2.24, 2.45) is 5.92 Å². The highest BCUT2D eigenvalue weighted by Gasteiger charge is 2.23. The molecule has 1 aromatic rings. The molecule has 5 nitrogen and oxygen atoms in total. The zero-order valence-electron chi connectivity index (χ0n) is 13.1. The summed E-state index contributed by atoms with van der Waals surface area (Å²) in [5, 5.41) is 2.48. The molecule has 1 N–H and O–H groups in total. The van der Waals surface area contributed by atoms with Crippen molar-refractivity contribution < 1.29 is 14.3 Å². The Morgan fingerprint density at radius 1 is 1.23 bits per heavy atom. The van der Waals surface area contributed by atoms with Gasteiger partial charge in [-0.3, -0.25) is 4.79 Å². The number of piperidine rings is 1. The molecule has 1 aliphatic rings. The summed E-state index contributed by atoms with van der Waals surface area (Å²) in [5.74, 6) is 0.593. The molecular formula is C17H24N2O3. The lowest BCUT2D eigenvalue weighted by atomic mass is 9.90. The van der Waals surface area contributed by atoms with E-state index in [-0.39, 0.29) is 12.5 Å². The Morgan fingerprint density at radius 3 is 2.55 bits per heavy atom. The number of nitrogens with zero attached hydrogens (tertiary/aromatic N) is 1. The topological polar surface area (TPSA) is 58.6 Å². The molecule has 0 aromatic heterocycles. The first-order valence-corrected chi connectivity index (χ1v) is 7.91. The lowest BCUT2D eigenvalue weighted by Gasteiger charge is -2.32. The van der Waals surface area contributed by atoms with Crippen molar-refractivity contribution in [3.63, 3.8) is 0 Å². The van der Waals surface area contributed by atoms with Crippen LogP contribution < -0.4 is 5.32 Å². The summed E-state index contributed by atoms with van der Waals surface area (Å²) in [6.07, 6.45) is 2.57. The van der Waals surface area contributed by atoms with Crippen LogP contribution >= 0.6 is 0 Å². The molecule has 2 amide bonds. The first-order chi connectivity index (χ1) is 10.7. The fourth-order valence-electron chi connectivity index (χ4n) is 2.78. The molecule has 0 spiro atoms. The molecule has 0 bridgehead atoms. The molecule has 5 heteroatoms. The van der Waals surface area contributed by atoms with Gasteiger partial charge in [0.1, 0.15) is 6.54 Å². The highest BCUT2D eigenvalue weighted by Crippen LogP contribution is 2.21. The third kappa shape index (κ3) is 5.06. The minimum Gasteiger partial charge on any atom is -0.450 e. The summed E-state index contributed by atoms with van der Waals surface area (Å²) >= 11 is 0. The molecule has 0 aliphatic carbocycles. The summed E-state index contributed by atoms with van der Waals surface area (Å²) in [4.78, 5) is 25.0. The van der Waals surface area contributed by atoms with Crippen molar-refractivity contribution in [3.05, 3.63) is 35.9 Å². The van der Waals surface area contributed by atoms with E-state index in [0.717, 1.165) is 32.4 Å². The highest BCUT2D eigenvalue weighted by molar-refractivity contribution is 5.82. The number of alkyl carbamates (subject to hydrolysis) is 1. The lowest BCUT2D eigenvalue weighted by Crippen LogP contribution is -2.44. The quantitative estimate of drug-likeness (QED) is 0.907. The van der Waals surface area contributed by atoms with Gasteiger partial charge in [0.2, 0.25) is 5.91 Å². The number of nitrogens with one attached hydrogen (secondary N) is 1. The van der Waals surface area contributed by atoms with Gasteiger partial charge in [-0.25, -0.2) is 4.79 Å². The lowest BCUT2D eigenvalue weighted by molar-refractivity contribution is -0.131. The average Bonchev–Trinajstić information content (AvgIpc) is 2.54. The molecule has 0 radical (unpaired) electrons. The molecule has 1 fully saturated rings. The Morgan fingerprint density at radius 2 is 1.91 bits per heavy atom. The molecule has 0 saturated carbocycles. The van der Waals surface area contributed by atoms with Crippen LogP contribution in [0.3, 0.4) is 0 Å². The number of ether oxygens (including phenoxy) is 1. The normalized spacial score (nSPS) is 15.4. The first-order valence-electron chi connectivity index (χ1n) is 7.91. The number of hydrogen-bond donors (Lipinski definition) is 1. The second kappa shape index (κ2) is 8.41. The fraction of sp³-hybridized carbons (Fsp3) is 0.529. The molecule has 2 rings (SSSR count). The largest absolute Gasteiger partial charge is 0.450 e. The monoisotopic (exact) mass is 304 g/mol. The van der Waals surface area contributed by atoms with Crippen LogP contribution in [0.15, 0.2) is 30.3 Å². The van der Waals surface area contributed by atoms with Gasteiger partial charge < -0.3 is 15.0 Å². The van der Waals surface area contributed by atoms with Crippen LogP contribution in [0.1, 0.15) is 25.3 Å². The van der Waals surface area contributed by atoms with Gasteiger partial charge in [0.05, 0.1) is 6.61 Å². The molecule has 1 aliphatic heterocycles. The third-order valence-corrected chi connectivity index (χ3v) is 3.99. The predicted octanol–water partition coefficient (Wildman–Crippen LogP) is 2.21. The number of hydrogen-bond acceptors (Lipinski definition) is 3. The Hall–Kier alpha value is -2.04. The van der Waals surface area contributed by atoms with E-state index in [9.17, 15) is 9.59 Å². The van der Waals surface area contributed by atoms with Crippen LogP contribution in [0.2, 0.25) is 0 Å². The molecule has 1 saturated heterocycles. The average molecular weight is 304 g/mol. The van der Waals surface area contributed by atoms with Crippen molar-refractivity contribution in [3.8, 4) is 0 Å². The van der Waals surface area contributed by atoms with Gasteiger partial charge in [-0.05, 0) is 37.7 Å². The summed E-state index contributed by atoms with van der Waals surface area (Å²) in [6, 6.07) is 10.5. The number of carbonyl (C=O) groups excluding carboxylic acids is 2. The van der Waals surface area contributed by atoms with Gasteiger partial charge in [-0.15, -0.1) is 0 Å². The highest BCUT2D eigenvalue weighted by atomic mass is 16.5. The van der Waals surface area contributed by atoms with E-state index in [1.54, 1.807) is 6.92 Å². The standard InChI is InChI=1S/C17H24N2O3/c1-2-22-17(21)18-13-16(20)19-10-8-15(9-11-19)12-14-6-4-3-5-7-14/h3-7,15H,2,8-13H2,1H3,(H,18,21). The Kier molecular flexibility index (Phi) is 6.25. The summed E-state index contributed by atoms with van der Waals surface area (Å²) in [6.45, 7) is 3.59. The number of likely N-dealkylation sites (tertiary alicyclic amines) is 1. The van der Waals surface area contributed by atoms with Crippen molar-refractivity contribution in [1.82, 2.24) is 10.2 Å². The second-order valence-corrected chi connectivity index (χ2v) is 5.59. The zero-order valence-corrected chi connectivity index (χ0v) is 13.1. The zero-order chi connectivity index (χ0) is 15.8. The molecule has 120 valence electrons. The van der Waals surface area contributed by atoms with Crippen molar-refractivity contribution in [2.75, 3.05) is 26.2 Å². The van der Waals surface area contributed by atoms with Gasteiger partial charge in [0, 0.05) is 13.1 Å². The minimum atomic E-state index is -0.533. The molecule has 0 unspecified atom stereocenters. The number of amides is 2. The SMILES string of the molecule is CCOC(=O)NCC(=O)N1CCC(Cc2ccccc2)CC1. The van der Waals surface area contributed by atoms with Crippen LogP contribution in [-0.4, -0.2) is 43.1 Å². The maximum absolute atomic E-state index is 12.0. The van der Waals surface area contributed by atoms with Gasteiger partial charge in [0.25, 0.3) is 0 Å². The first kappa shape index (κ1) is 16.3. The maximum Gasteiger partial charge on any atom is 0.407 e. The Labute approximate surface area is 131 Å². The van der Waals surface area contributed by atoms with E-state index in [4.69, 9.17) is 4.74 Å². The summed E-state index contributed by atoms with van der Waals surface area (Å²) in [7, 11) is 0. The molecule has 1 aromatic carbocycles. The third-order valence-electron chi connectivity index (χ3n) is 3.99. The second-order valence-electron chi connectivity index (χ2n) is 5.59. The Balaban J connectivity index is 1.70. The minimum absolute atomic E-state index is 0.0161. The molecular weight excluding hydrogens is 280 g/mol. The van der Waals surface area contributed by atoms with E-state index < -0.39 is 6.09 Å². The Bertz CT molecular complexity index is 482. The van der Waals surface area contributed by atoms with E-state index in [2.05, 4.69) is 29.6 Å². The van der Waals surface area contributed by atoms with E-state index in [0.29, 0.717) is 12.5 Å². The molecule has 0 atom stereocenters. The summed E-state index contributed by atoms with van der Waals surface area (Å²) in [5.41, 5.74) is 1.36. The summed E-state index contributed by atoms with van der Waals surface area (Å²) < 4.78 is 4.74. The molecule has 1 heterocycles. The number of rotatable bonds is 5. The van der Waals surface area contributed by atoms with Crippen molar-refractivity contribution in [1.29, 1.82) is 0 Å². The van der Waals surface area contributed by atoms with Crippen molar-refractivity contribution in [2.45, 2.75) is 26.2 Å². The predicted molar refractivity (Wildman–Crippen MR) is 84.5 cm³/mol. The number of carbonyl (C=O) groups is 2. The van der Waals surface area contributed by atoms with Crippen LogP contribution in [0.5, 0.6) is 0 Å². The van der Waals surface area contributed by atoms with E-state index in [1.165, 1.54) is 5.56 Å². The smallest absolute Gasteiger partial charge is 0.407 e. The van der Waals surface area contributed by atoms with E-state index >= 15 is 0 Å². The van der Waals surface area contributed by atoms with Crippen LogP contribution in [0, 0.1) is 5.92 Å². The van der Waals surface area contributed by atoms with Crippen LogP contribution in [-0.2, 0) is 16.0 Å². The fourth-order valence-corrected chi connectivity index (χ4v) is 2.78. The van der Waals surface area contributed by atoms with Crippen molar-refractivity contribution >= 4 is 12.0 Å². The van der Waals surface area contributed by atoms with Gasteiger partial charge in [-0.1, -0.05) is 30.3 Å². The van der Waals surface area contributed by atoms with Gasteiger partial charge in [-0.2, -0.15) is 0 Å². The number of benzene rings is 1. The van der Waals surface area contributed by atoms with E-state index in [1.807, 2.05) is 11.0 Å².